The number of hydrogen-bond donors (Lipinski definition) is 2. The molecule has 2 saturated carbocycles. The molecule has 1 unspecified atom stereocenters. The van der Waals surface area contributed by atoms with Gasteiger partial charge in [-0.05, 0) is 74.3 Å². The molecule has 3 fully saturated rings. The lowest BCUT2D eigenvalue weighted by Crippen LogP contribution is -2.42. The van der Waals surface area contributed by atoms with E-state index in [0.29, 0.717) is 11.8 Å². The van der Waals surface area contributed by atoms with Crippen LogP contribution in [-0.2, 0) is 9.47 Å². The number of amidine groups is 1. The molecule has 1 aliphatic heterocycles. The third-order valence-corrected chi connectivity index (χ3v) is 8.94. The molecule has 0 spiro atoms. The van der Waals surface area contributed by atoms with Crippen molar-refractivity contribution in [2.75, 3.05) is 18.2 Å². The molecule has 6 nitrogen and oxygen atoms in total. The summed E-state index contributed by atoms with van der Waals surface area (Å²) in [6.45, 7) is 3.98. The Labute approximate surface area is 201 Å². The third-order valence-electron chi connectivity index (χ3n) is 7.82. The van der Waals surface area contributed by atoms with Crippen LogP contribution in [0, 0.1) is 29.6 Å². The maximum absolute atomic E-state index is 15.1. The van der Waals surface area contributed by atoms with Crippen molar-refractivity contribution in [3.05, 3.63) is 30.3 Å². The molecule has 33 heavy (non-hydrogen) atoms. The summed E-state index contributed by atoms with van der Waals surface area (Å²) in [5.74, 6) is 14.1. The lowest BCUT2D eigenvalue weighted by Gasteiger charge is -2.41. The first-order valence-corrected chi connectivity index (χ1v) is 13.3. The minimum absolute atomic E-state index is 0.0484. The summed E-state index contributed by atoms with van der Waals surface area (Å²) in [5, 5.41) is 5.36. The van der Waals surface area contributed by atoms with Gasteiger partial charge in [0.25, 0.3) is 0 Å². The van der Waals surface area contributed by atoms with E-state index in [4.69, 9.17) is 21.2 Å². The van der Waals surface area contributed by atoms with Gasteiger partial charge in [-0.2, -0.15) is 5.10 Å². The van der Waals surface area contributed by atoms with Crippen LogP contribution in [0.15, 0.2) is 35.4 Å². The van der Waals surface area contributed by atoms with E-state index in [0.717, 1.165) is 68.2 Å². The van der Waals surface area contributed by atoms with E-state index in [-0.39, 0.29) is 17.4 Å². The van der Waals surface area contributed by atoms with Crippen molar-refractivity contribution in [3.63, 3.8) is 0 Å². The molecule has 8 heteroatoms. The van der Waals surface area contributed by atoms with Crippen LogP contribution in [0.25, 0.3) is 0 Å². The first-order valence-electron chi connectivity index (χ1n) is 12.5. The fourth-order valence-corrected chi connectivity index (χ4v) is 6.51. The first kappa shape index (κ1) is 24.8. The molecule has 184 valence electrons. The Hall–Kier alpha value is -1.35. The second-order valence-electron chi connectivity index (χ2n) is 10.1. The highest BCUT2D eigenvalue weighted by Gasteiger charge is 2.37. The number of para-hydroxylation sites is 1. The molecule has 1 aromatic rings. The molecule has 0 amide bonds. The van der Waals surface area contributed by atoms with Crippen molar-refractivity contribution in [3.8, 4) is 0 Å². The number of anilines is 1. The van der Waals surface area contributed by atoms with E-state index in [2.05, 4.69) is 12.0 Å². The number of hydrazone groups is 1. The topological polar surface area (TPSA) is 86.1 Å². The molecule has 4 N–H and O–H groups in total. The van der Waals surface area contributed by atoms with Gasteiger partial charge in [-0.25, -0.2) is 10.2 Å². The molecule has 0 aromatic heterocycles. The molecule has 3 aliphatic rings. The zero-order chi connectivity index (χ0) is 23.2. The molecule has 0 bridgehead atoms. The largest absolute Gasteiger partial charge is 0.352 e. The second kappa shape index (κ2) is 11.9. The van der Waals surface area contributed by atoms with Crippen molar-refractivity contribution >= 4 is 22.6 Å². The Balaban J connectivity index is 1.20. The number of hydrazine groups is 1. The molecule has 1 aromatic carbocycles. The van der Waals surface area contributed by atoms with E-state index >= 15 is 4.39 Å². The molecule has 1 atom stereocenters. The fourth-order valence-electron chi connectivity index (χ4n) is 5.56. The molecule has 1 heterocycles. The maximum atomic E-state index is 15.1. The summed E-state index contributed by atoms with van der Waals surface area (Å²) in [6.07, 6.45) is 8.60. The molecule has 2 aliphatic carbocycles. The summed E-state index contributed by atoms with van der Waals surface area (Å²) in [6, 6.07) is 9.32. The zero-order valence-electron chi connectivity index (χ0n) is 19.7. The van der Waals surface area contributed by atoms with Crippen LogP contribution < -0.4 is 16.7 Å². The molecule has 0 radical (unpaired) electrons. The third kappa shape index (κ3) is 6.41. The van der Waals surface area contributed by atoms with Gasteiger partial charge in [0.15, 0.2) is 11.8 Å². The Kier molecular flexibility index (Phi) is 8.91. The van der Waals surface area contributed by atoms with Gasteiger partial charge in [-0.15, -0.1) is 0 Å². The Morgan fingerprint density at radius 1 is 0.970 bits per heavy atom. The highest BCUT2D eigenvalue weighted by atomic mass is 32.2. The van der Waals surface area contributed by atoms with Gasteiger partial charge in [0, 0.05) is 17.8 Å². The fraction of sp³-hybridized carbons (Fsp3) is 0.720. The number of hydrogen-bond acceptors (Lipinski definition) is 6. The predicted molar refractivity (Wildman–Crippen MR) is 133 cm³/mol. The van der Waals surface area contributed by atoms with E-state index in [1.165, 1.54) is 30.7 Å². The number of nitrogens with zero attached hydrogens (tertiary/aromatic N) is 2. The van der Waals surface area contributed by atoms with Crippen molar-refractivity contribution in [1.82, 2.24) is 0 Å². The van der Waals surface area contributed by atoms with Crippen molar-refractivity contribution in [1.29, 1.82) is 0 Å². The van der Waals surface area contributed by atoms with Crippen LogP contribution in [-0.4, -0.2) is 30.2 Å². The van der Waals surface area contributed by atoms with E-state index in [9.17, 15) is 0 Å². The van der Waals surface area contributed by atoms with Crippen LogP contribution in [0.5, 0.6) is 0 Å². The highest BCUT2D eigenvalue weighted by molar-refractivity contribution is 8.14. The standard InChI is InChI=1S/C25H39FN4O2S/c1-17-7-9-18(10-8-17)21-15-31-24(32-16-21)20-13-11-19(12-14-20)23(26)33-25(29-27)30(28)22-5-3-2-4-6-22/h2-6,17-21,23-24H,7-16,27-28H2,1H3/b29-25+. The molecule has 4 rings (SSSR count). The predicted octanol–water partition coefficient (Wildman–Crippen LogP) is 5.25. The molecular formula is C25H39FN4O2S. The van der Waals surface area contributed by atoms with Gasteiger partial charge in [0.05, 0.1) is 18.9 Å². The monoisotopic (exact) mass is 478 g/mol. The number of rotatable bonds is 5. The molecule has 1 saturated heterocycles. The van der Waals surface area contributed by atoms with E-state index in [1.807, 2.05) is 30.3 Å². The summed E-state index contributed by atoms with van der Waals surface area (Å²) in [5.41, 5.74) is -0.382. The minimum Gasteiger partial charge on any atom is -0.352 e. The van der Waals surface area contributed by atoms with Crippen molar-refractivity contribution < 1.29 is 13.9 Å². The average Bonchev–Trinajstić information content (AvgIpc) is 2.88. The van der Waals surface area contributed by atoms with Crippen LogP contribution in [0.2, 0.25) is 0 Å². The maximum Gasteiger partial charge on any atom is 0.204 e. The quantitative estimate of drug-likeness (QED) is 0.260. The van der Waals surface area contributed by atoms with E-state index < -0.39 is 5.50 Å². The number of thioether (sulfide) groups is 1. The summed E-state index contributed by atoms with van der Waals surface area (Å²) >= 11 is 1.00. The van der Waals surface area contributed by atoms with Crippen LogP contribution in [0.1, 0.15) is 58.3 Å². The van der Waals surface area contributed by atoms with Crippen LogP contribution in [0.3, 0.4) is 0 Å². The average molecular weight is 479 g/mol. The Morgan fingerprint density at radius 2 is 1.58 bits per heavy atom. The van der Waals surface area contributed by atoms with Gasteiger partial charge in [-0.1, -0.05) is 38.0 Å². The number of ether oxygens (including phenoxy) is 2. The second-order valence-corrected chi connectivity index (χ2v) is 11.1. The van der Waals surface area contributed by atoms with Crippen molar-refractivity contribution in [2.45, 2.75) is 70.1 Å². The Bertz CT molecular complexity index is 746. The number of alkyl halides is 1. The van der Waals surface area contributed by atoms with E-state index in [1.54, 1.807) is 0 Å². The minimum atomic E-state index is -1.10. The van der Waals surface area contributed by atoms with Gasteiger partial charge in [0.1, 0.15) is 0 Å². The SMILES string of the molecule is CC1CCC(C2COC(C3CCC(C(F)S/C(=N/N)N(N)c4ccccc4)CC3)OC2)CC1. The summed E-state index contributed by atoms with van der Waals surface area (Å²) in [7, 11) is 0. The number of halogens is 1. The first-order chi connectivity index (χ1) is 16.0. The van der Waals surface area contributed by atoms with Gasteiger partial charge < -0.3 is 15.3 Å². The summed E-state index contributed by atoms with van der Waals surface area (Å²) in [4.78, 5) is 0. The lowest BCUT2D eigenvalue weighted by atomic mass is 9.76. The van der Waals surface area contributed by atoms with Gasteiger partial charge >= 0.3 is 0 Å². The van der Waals surface area contributed by atoms with Gasteiger partial charge in [-0.3, -0.25) is 5.01 Å². The lowest BCUT2D eigenvalue weighted by molar-refractivity contribution is -0.237. The number of nitrogens with two attached hydrogens (primary N) is 2. The molecular weight excluding hydrogens is 439 g/mol. The van der Waals surface area contributed by atoms with Crippen LogP contribution in [0.4, 0.5) is 10.1 Å². The highest BCUT2D eigenvalue weighted by Crippen LogP contribution is 2.41. The zero-order valence-corrected chi connectivity index (χ0v) is 20.5. The summed E-state index contributed by atoms with van der Waals surface area (Å²) < 4.78 is 27.5. The number of benzene rings is 1. The Morgan fingerprint density at radius 3 is 2.18 bits per heavy atom. The smallest absolute Gasteiger partial charge is 0.204 e. The normalized spacial score (nSPS) is 34.6. The van der Waals surface area contributed by atoms with Gasteiger partial charge in [0.2, 0.25) is 5.17 Å². The van der Waals surface area contributed by atoms with Crippen molar-refractivity contribution in [2.24, 2.45) is 46.4 Å². The van der Waals surface area contributed by atoms with Crippen LogP contribution >= 0.6 is 11.8 Å².